The van der Waals surface area contributed by atoms with Gasteiger partial charge in [-0.15, -0.1) is 0 Å². The third-order valence-electron chi connectivity index (χ3n) is 4.72. The van der Waals surface area contributed by atoms with Crippen LogP contribution in [-0.4, -0.2) is 48.3 Å². The number of aliphatic hydroxyl groups excluding tert-OH is 1. The maximum atomic E-state index is 12.3. The molecule has 0 radical (unpaired) electrons. The average Bonchev–Trinajstić information content (AvgIpc) is 2.73. The van der Waals surface area contributed by atoms with Crippen molar-refractivity contribution in [1.82, 2.24) is 0 Å². The van der Waals surface area contributed by atoms with Gasteiger partial charge in [0.25, 0.3) is 0 Å². The molecule has 2 aromatic rings. The number of benzene rings is 2. The molecular weight excluding hydrogens is 350 g/mol. The van der Waals surface area contributed by atoms with Crippen molar-refractivity contribution >= 4 is 5.97 Å². The van der Waals surface area contributed by atoms with E-state index in [1.54, 1.807) is 30.3 Å². The van der Waals surface area contributed by atoms with Gasteiger partial charge >= 0.3 is 5.97 Å². The van der Waals surface area contributed by atoms with E-state index in [1.807, 2.05) is 30.3 Å². The minimum Gasteiger partial charge on any atom is -0.430 e. The van der Waals surface area contributed by atoms with Crippen LogP contribution in [0.5, 0.6) is 0 Å². The van der Waals surface area contributed by atoms with Gasteiger partial charge < -0.3 is 29.8 Å². The lowest BCUT2D eigenvalue weighted by atomic mass is 9.96. The molecule has 7 heteroatoms. The highest BCUT2D eigenvalue weighted by Gasteiger charge is 2.49. The second-order valence-electron chi connectivity index (χ2n) is 6.56. The summed E-state index contributed by atoms with van der Waals surface area (Å²) in [6, 6.07) is 17.0. The Bertz CT molecular complexity index is 769. The molecule has 2 aliphatic heterocycles. The Morgan fingerprint density at radius 3 is 2.41 bits per heavy atom. The molecule has 4 rings (SSSR count). The van der Waals surface area contributed by atoms with Crippen LogP contribution in [0.1, 0.15) is 22.2 Å². The van der Waals surface area contributed by atoms with Gasteiger partial charge in [-0.2, -0.15) is 0 Å². The highest BCUT2D eigenvalue weighted by atomic mass is 16.8. The van der Waals surface area contributed by atoms with Crippen LogP contribution in [0.4, 0.5) is 0 Å². The molecule has 0 saturated carbocycles. The van der Waals surface area contributed by atoms with Crippen molar-refractivity contribution in [3.05, 3.63) is 71.8 Å². The number of carbonyl (C=O) groups is 1. The molecule has 2 saturated heterocycles. The van der Waals surface area contributed by atoms with Crippen LogP contribution in [-0.2, 0) is 18.9 Å². The number of esters is 1. The maximum Gasteiger partial charge on any atom is 0.340 e. The van der Waals surface area contributed by atoms with Crippen LogP contribution in [0.2, 0.25) is 0 Å². The number of hydrogen-bond acceptors (Lipinski definition) is 7. The number of fused-ring (bicyclic) bond motifs is 1. The van der Waals surface area contributed by atoms with E-state index in [0.29, 0.717) is 5.56 Å². The molecule has 0 amide bonds. The molecule has 2 fully saturated rings. The molecule has 142 valence electrons. The third kappa shape index (κ3) is 3.73. The summed E-state index contributed by atoms with van der Waals surface area (Å²) < 4.78 is 22.7. The van der Waals surface area contributed by atoms with Crippen molar-refractivity contribution in [2.45, 2.75) is 36.9 Å². The fraction of sp³-hybridized carbons (Fsp3) is 0.350. The fourth-order valence-corrected chi connectivity index (χ4v) is 3.25. The Hall–Kier alpha value is -2.29. The SMILES string of the molecule is NC1C(OC(=O)c2ccccc2)OC2COC(c3ccccc3)OC2C1O. The van der Waals surface area contributed by atoms with E-state index in [2.05, 4.69) is 0 Å². The van der Waals surface area contributed by atoms with Crippen LogP contribution in [0.25, 0.3) is 0 Å². The van der Waals surface area contributed by atoms with E-state index in [4.69, 9.17) is 24.7 Å². The molecular formula is C20H21NO6. The largest absolute Gasteiger partial charge is 0.430 e. The summed E-state index contributed by atoms with van der Waals surface area (Å²) in [6.07, 6.45) is -4.03. The van der Waals surface area contributed by atoms with E-state index in [-0.39, 0.29) is 6.61 Å². The lowest BCUT2D eigenvalue weighted by Crippen LogP contribution is -2.65. The molecule has 0 aromatic heterocycles. The first-order valence-corrected chi connectivity index (χ1v) is 8.80. The molecule has 0 bridgehead atoms. The van der Waals surface area contributed by atoms with Crippen molar-refractivity contribution in [2.75, 3.05) is 6.61 Å². The van der Waals surface area contributed by atoms with Gasteiger partial charge in [0.05, 0.1) is 18.2 Å². The third-order valence-corrected chi connectivity index (χ3v) is 4.72. The molecule has 27 heavy (non-hydrogen) atoms. The number of rotatable bonds is 3. The van der Waals surface area contributed by atoms with Gasteiger partial charge in [0.2, 0.25) is 6.29 Å². The van der Waals surface area contributed by atoms with E-state index >= 15 is 0 Å². The fourth-order valence-electron chi connectivity index (χ4n) is 3.25. The predicted octanol–water partition coefficient (Wildman–Crippen LogP) is 1.37. The minimum absolute atomic E-state index is 0.188. The zero-order chi connectivity index (χ0) is 18.8. The van der Waals surface area contributed by atoms with Gasteiger partial charge in [0.1, 0.15) is 18.3 Å². The highest BCUT2D eigenvalue weighted by molar-refractivity contribution is 5.89. The summed E-state index contributed by atoms with van der Waals surface area (Å²) in [5.41, 5.74) is 7.29. The van der Waals surface area contributed by atoms with Crippen LogP contribution >= 0.6 is 0 Å². The molecule has 2 aliphatic rings. The zero-order valence-corrected chi connectivity index (χ0v) is 14.5. The lowest BCUT2D eigenvalue weighted by Gasteiger charge is -2.46. The number of ether oxygens (including phenoxy) is 4. The van der Waals surface area contributed by atoms with Gasteiger partial charge in [-0.25, -0.2) is 4.79 Å². The van der Waals surface area contributed by atoms with E-state index in [0.717, 1.165) is 5.56 Å². The molecule has 2 heterocycles. The van der Waals surface area contributed by atoms with Crippen molar-refractivity contribution in [1.29, 1.82) is 0 Å². The molecule has 6 atom stereocenters. The molecule has 7 nitrogen and oxygen atoms in total. The Labute approximate surface area is 156 Å². The first-order chi connectivity index (χ1) is 13.1. The lowest BCUT2D eigenvalue weighted by molar-refractivity contribution is -0.334. The Balaban J connectivity index is 1.44. The van der Waals surface area contributed by atoms with E-state index < -0.39 is 42.9 Å². The molecule has 0 spiro atoms. The Kier molecular flexibility index (Phi) is 5.20. The summed E-state index contributed by atoms with van der Waals surface area (Å²) in [4.78, 5) is 12.3. The van der Waals surface area contributed by atoms with Gasteiger partial charge in [0.15, 0.2) is 6.29 Å². The summed E-state index contributed by atoms with van der Waals surface area (Å²) >= 11 is 0. The second kappa shape index (κ2) is 7.75. The Morgan fingerprint density at radius 1 is 1.04 bits per heavy atom. The minimum atomic E-state index is -1.09. The molecule has 2 aromatic carbocycles. The van der Waals surface area contributed by atoms with Gasteiger partial charge in [-0.3, -0.25) is 0 Å². The number of hydrogen-bond donors (Lipinski definition) is 2. The molecule has 0 aliphatic carbocycles. The molecule has 3 N–H and O–H groups in total. The standard InChI is InChI=1S/C20H21NO6/c21-15-16(22)17-14(11-24-19(26-17)13-9-5-2-6-10-13)25-20(15)27-18(23)12-7-3-1-4-8-12/h1-10,14-17,19-20,22H,11,21H2. The van der Waals surface area contributed by atoms with Gasteiger partial charge in [-0.05, 0) is 12.1 Å². The zero-order valence-electron chi connectivity index (χ0n) is 14.5. The summed E-state index contributed by atoms with van der Waals surface area (Å²) in [5, 5.41) is 10.6. The van der Waals surface area contributed by atoms with Gasteiger partial charge in [0, 0.05) is 5.56 Å². The number of carbonyl (C=O) groups excluding carboxylic acids is 1. The first kappa shape index (κ1) is 18.1. The van der Waals surface area contributed by atoms with Crippen LogP contribution in [0.15, 0.2) is 60.7 Å². The number of aliphatic hydroxyl groups is 1. The topological polar surface area (TPSA) is 100 Å². The number of nitrogens with two attached hydrogens (primary N) is 1. The maximum absolute atomic E-state index is 12.3. The second-order valence-corrected chi connectivity index (χ2v) is 6.56. The monoisotopic (exact) mass is 371 g/mol. The summed E-state index contributed by atoms with van der Waals surface area (Å²) in [5.74, 6) is -0.568. The smallest absolute Gasteiger partial charge is 0.340 e. The van der Waals surface area contributed by atoms with Crippen molar-refractivity contribution in [3.63, 3.8) is 0 Å². The van der Waals surface area contributed by atoms with Crippen LogP contribution in [0, 0.1) is 0 Å². The quantitative estimate of drug-likeness (QED) is 0.786. The van der Waals surface area contributed by atoms with Crippen LogP contribution in [0.3, 0.4) is 0 Å². The van der Waals surface area contributed by atoms with E-state index in [1.165, 1.54) is 0 Å². The molecule has 6 unspecified atom stereocenters. The summed E-state index contributed by atoms with van der Waals surface area (Å²) in [6.45, 7) is 0.188. The van der Waals surface area contributed by atoms with Crippen molar-refractivity contribution < 1.29 is 28.8 Å². The van der Waals surface area contributed by atoms with Crippen LogP contribution < -0.4 is 5.73 Å². The average molecular weight is 371 g/mol. The van der Waals surface area contributed by atoms with Crippen molar-refractivity contribution in [3.8, 4) is 0 Å². The van der Waals surface area contributed by atoms with Gasteiger partial charge in [-0.1, -0.05) is 48.5 Å². The Morgan fingerprint density at radius 2 is 1.70 bits per heavy atom. The normalized spacial score (nSPS) is 33.1. The first-order valence-electron chi connectivity index (χ1n) is 8.80. The van der Waals surface area contributed by atoms with Crippen molar-refractivity contribution in [2.24, 2.45) is 5.73 Å². The highest BCUT2D eigenvalue weighted by Crippen LogP contribution is 2.33. The predicted molar refractivity (Wildman–Crippen MR) is 94.5 cm³/mol. The van der Waals surface area contributed by atoms with E-state index in [9.17, 15) is 9.90 Å². The summed E-state index contributed by atoms with van der Waals surface area (Å²) in [7, 11) is 0.